The normalized spacial score (nSPS) is 17.1. The number of nitrogens with zero attached hydrogens (tertiary/aromatic N) is 1. The maximum Gasteiger partial charge on any atom is 0.246 e. The van der Waals surface area contributed by atoms with Crippen molar-refractivity contribution < 1.29 is 17.9 Å². The Kier molecular flexibility index (Phi) is 3.79. The van der Waals surface area contributed by atoms with Crippen LogP contribution in [0.2, 0.25) is 0 Å². The number of furan rings is 1. The first-order chi connectivity index (χ1) is 8.45. The topological polar surface area (TPSA) is 70.8 Å². The van der Waals surface area contributed by atoms with Crippen LogP contribution in [0.15, 0.2) is 15.4 Å². The summed E-state index contributed by atoms with van der Waals surface area (Å²) in [5.74, 6) is 1.09. The van der Waals surface area contributed by atoms with Crippen molar-refractivity contribution in [3.05, 3.63) is 17.6 Å². The number of rotatable bonds is 5. The van der Waals surface area contributed by atoms with E-state index in [0.717, 1.165) is 12.8 Å². The first-order valence-electron chi connectivity index (χ1n) is 6.11. The quantitative estimate of drug-likeness (QED) is 0.882. The molecule has 1 heterocycles. The zero-order chi connectivity index (χ0) is 13.3. The van der Waals surface area contributed by atoms with E-state index in [9.17, 15) is 8.42 Å². The summed E-state index contributed by atoms with van der Waals surface area (Å²) in [4.78, 5) is 0.161. The van der Waals surface area contributed by atoms with Gasteiger partial charge < -0.3 is 9.52 Å². The maximum atomic E-state index is 12.3. The smallest absolute Gasteiger partial charge is 0.246 e. The van der Waals surface area contributed by atoms with Gasteiger partial charge in [0.2, 0.25) is 10.0 Å². The van der Waals surface area contributed by atoms with E-state index in [-0.39, 0.29) is 17.3 Å². The third-order valence-corrected chi connectivity index (χ3v) is 5.44. The highest BCUT2D eigenvalue weighted by atomic mass is 32.2. The van der Waals surface area contributed by atoms with Crippen molar-refractivity contribution in [3.8, 4) is 0 Å². The van der Waals surface area contributed by atoms with Gasteiger partial charge in [-0.2, -0.15) is 0 Å². The van der Waals surface area contributed by atoms with Crippen LogP contribution in [0.25, 0.3) is 0 Å². The first-order valence-corrected chi connectivity index (χ1v) is 7.55. The van der Waals surface area contributed by atoms with Crippen LogP contribution >= 0.6 is 0 Å². The molecule has 1 aromatic heterocycles. The molecule has 0 aliphatic heterocycles. The summed E-state index contributed by atoms with van der Waals surface area (Å²) in [6.07, 6.45) is 3.40. The van der Waals surface area contributed by atoms with E-state index in [0.29, 0.717) is 18.2 Å². The van der Waals surface area contributed by atoms with Gasteiger partial charge in [-0.1, -0.05) is 6.42 Å². The van der Waals surface area contributed by atoms with E-state index < -0.39 is 10.0 Å². The van der Waals surface area contributed by atoms with Crippen LogP contribution in [0.4, 0.5) is 0 Å². The summed E-state index contributed by atoms with van der Waals surface area (Å²) < 4.78 is 31.3. The SMILES string of the molecule is Cc1oc(CO)cc1S(=O)(=O)N(C)CC1CCC1. The van der Waals surface area contributed by atoms with Gasteiger partial charge in [-0.15, -0.1) is 0 Å². The molecular formula is C12H19NO4S. The lowest BCUT2D eigenvalue weighted by atomic mass is 9.86. The van der Waals surface area contributed by atoms with Gasteiger partial charge >= 0.3 is 0 Å². The molecule has 0 bridgehead atoms. The molecule has 0 atom stereocenters. The van der Waals surface area contributed by atoms with Crippen LogP contribution in [0.1, 0.15) is 30.8 Å². The lowest BCUT2D eigenvalue weighted by molar-refractivity contribution is 0.244. The van der Waals surface area contributed by atoms with Crippen LogP contribution < -0.4 is 0 Å². The highest BCUT2D eigenvalue weighted by Gasteiger charge is 2.29. The van der Waals surface area contributed by atoms with E-state index >= 15 is 0 Å². The average Bonchev–Trinajstić information content (AvgIpc) is 2.65. The van der Waals surface area contributed by atoms with E-state index in [1.54, 1.807) is 14.0 Å². The van der Waals surface area contributed by atoms with Gasteiger partial charge in [-0.25, -0.2) is 12.7 Å². The van der Waals surface area contributed by atoms with Crippen LogP contribution in [0.5, 0.6) is 0 Å². The summed E-state index contributed by atoms with van der Waals surface area (Å²) in [5.41, 5.74) is 0. The van der Waals surface area contributed by atoms with E-state index in [1.807, 2.05) is 0 Å². The molecule has 1 N–H and O–H groups in total. The standard InChI is InChI=1S/C12H19NO4S/c1-9-12(6-11(8-14)17-9)18(15,16)13(2)7-10-4-3-5-10/h6,10,14H,3-5,7-8H2,1-2H3. The minimum atomic E-state index is -3.50. The fourth-order valence-electron chi connectivity index (χ4n) is 2.16. The lowest BCUT2D eigenvalue weighted by Gasteiger charge is -2.29. The summed E-state index contributed by atoms with van der Waals surface area (Å²) in [6.45, 7) is 1.87. The molecule has 1 aliphatic rings. The molecule has 6 heteroatoms. The number of aryl methyl sites for hydroxylation is 1. The summed E-state index contributed by atoms with van der Waals surface area (Å²) in [7, 11) is -1.91. The molecule has 1 aromatic rings. The fourth-order valence-corrected chi connectivity index (χ4v) is 3.59. The van der Waals surface area contributed by atoms with Gasteiger partial charge in [0.1, 0.15) is 23.0 Å². The second-order valence-electron chi connectivity index (χ2n) is 4.87. The Morgan fingerprint density at radius 3 is 2.61 bits per heavy atom. The minimum Gasteiger partial charge on any atom is -0.462 e. The van der Waals surface area contributed by atoms with Crippen molar-refractivity contribution in [2.24, 2.45) is 5.92 Å². The Labute approximate surface area is 107 Å². The molecule has 0 radical (unpaired) electrons. The molecular weight excluding hydrogens is 254 g/mol. The van der Waals surface area contributed by atoms with Gasteiger partial charge in [0, 0.05) is 19.7 Å². The van der Waals surface area contributed by atoms with Gasteiger partial charge in [-0.3, -0.25) is 0 Å². The number of hydrogen-bond donors (Lipinski definition) is 1. The van der Waals surface area contributed by atoms with Crippen molar-refractivity contribution in [1.29, 1.82) is 0 Å². The van der Waals surface area contributed by atoms with Crippen molar-refractivity contribution in [3.63, 3.8) is 0 Å². The Hall–Kier alpha value is -0.850. The van der Waals surface area contributed by atoms with Crippen LogP contribution in [0, 0.1) is 12.8 Å². The molecule has 5 nitrogen and oxygen atoms in total. The predicted molar refractivity (Wildman–Crippen MR) is 66.5 cm³/mol. The second-order valence-corrected chi connectivity index (χ2v) is 6.89. The van der Waals surface area contributed by atoms with Crippen LogP contribution in [-0.4, -0.2) is 31.4 Å². The number of aliphatic hydroxyl groups is 1. The van der Waals surface area contributed by atoms with Crippen LogP contribution in [0.3, 0.4) is 0 Å². The van der Waals surface area contributed by atoms with Gasteiger partial charge in [-0.05, 0) is 25.7 Å². The van der Waals surface area contributed by atoms with Gasteiger partial charge in [0.25, 0.3) is 0 Å². The molecule has 18 heavy (non-hydrogen) atoms. The first kappa shape index (κ1) is 13.6. The molecule has 1 fully saturated rings. The molecule has 102 valence electrons. The van der Waals surface area contributed by atoms with Crippen LogP contribution in [-0.2, 0) is 16.6 Å². The van der Waals surface area contributed by atoms with E-state index in [1.165, 1.54) is 16.8 Å². The van der Waals surface area contributed by atoms with Gasteiger partial charge in [0.05, 0.1) is 0 Å². The number of sulfonamides is 1. The largest absolute Gasteiger partial charge is 0.462 e. The van der Waals surface area contributed by atoms with Crippen molar-refractivity contribution in [2.45, 2.75) is 37.7 Å². The Morgan fingerprint density at radius 1 is 1.50 bits per heavy atom. The fraction of sp³-hybridized carbons (Fsp3) is 0.667. The number of aliphatic hydroxyl groups excluding tert-OH is 1. The van der Waals surface area contributed by atoms with Crippen molar-refractivity contribution >= 4 is 10.0 Å². The molecule has 0 unspecified atom stereocenters. The predicted octanol–water partition coefficient (Wildman–Crippen LogP) is 1.50. The third-order valence-electron chi connectivity index (χ3n) is 3.51. The Balaban J connectivity index is 2.20. The molecule has 0 spiro atoms. The zero-order valence-corrected chi connectivity index (χ0v) is 11.5. The lowest BCUT2D eigenvalue weighted by Crippen LogP contribution is -2.34. The molecule has 2 rings (SSSR count). The zero-order valence-electron chi connectivity index (χ0n) is 10.7. The highest BCUT2D eigenvalue weighted by Crippen LogP contribution is 2.29. The van der Waals surface area contributed by atoms with Crippen molar-refractivity contribution in [2.75, 3.05) is 13.6 Å². The monoisotopic (exact) mass is 273 g/mol. The Bertz CT molecular complexity index is 516. The van der Waals surface area contributed by atoms with Gasteiger partial charge in [0.15, 0.2) is 0 Å². The third kappa shape index (κ3) is 2.46. The molecule has 0 aromatic carbocycles. The molecule has 0 saturated heterocycles. The molecule has 0 amide bonds. The Morgan fingerprint density at radius 2 is 2.17 bits per heavy atom. The minimum absolute atomic E-state index is 0.161. The molecule has 1 aliphatic carbocycles. The van der Waals surface area contributed by atoms with E-state index in [2.05, 4.69) is 0 Å². The summed E-state index contributed by atoms with van der Waals surface area (Å²) in [6, 6.07) is 1.40. The molecule has 1 saturated carbocycles. The summed E-state index contributed by atoms with van der Waals surface area (Å²) in [5, 5.41) is 8.97. The van der Waals surface area contributed by atoms with E-state index in [4.69, 9.17) is 9.52 Å². The van der Waals surface area contributed by atoms with Crippen molar-refractivity contribution in [1.82, 2.24) is 4.31 Å². The second kappa shape index (κ2) is 5.03. The average molecular weight is 273 g/mol. The highest BCUT2D eigenvalue weighted by molar-refractivity contribution is 7.89. The number of hydrogen-bond acceptors (Lipinski definition) is 4. The summed E-state index contributed by atoms with van der Waals surface area (Å²) >= 11 is 0. The maximum absolute atomic E-state index is 12.3.